The number of amides is 1. The third-order valence-corrected chi connectivity index (χ3v) is 5.54. The molecule has 1 amide bonds. The number of fused-ring (bicyclic) bond motifs is 1. The molecule has 140 valence electrons. The molecule has 27 heavy (non-hydrogen) atoms. The van der Waals surface area contributed by atoms with Gasteiger partial charge < -0.3 is 9.73 Å². The van der Waals surface area contributed by atoms with E-state index in [1.807, 2.05) is 0 Å². The molecule has 3 rings (SSSR count). The number of nitrogens with one attached hydrogen (secondary N) is 1. The van der Waals surface area contributed by atoms with Crippen LogP contribution in [0.3, 0.4) is 0 Å². The molecule has 0 radical (unpaired) electrons. The van der Waals surface area contributed by atoms with Crippen LogP contribution in [0.1, 0.15) is 10.4 Å². The minimum absolute atomic E-state index is 0.0696. The Morgan fingerprint density at radius 1 is 1.11 bits per heavy atom. The van der Waals surface area contributed by atoms with Crippen LogP contribution in [0.15, 0.2) is 68.7 Å². The Labute approximate surface area is 155 Å². The highest BCUT2D eigenvalue weighted by Crippen LogP contribution is 2.20. The molecule has 0 fully saturated rings. The summed E-state index contributed by atoms with van der Waals surface area (Å²) in [4.78, 5) is 28.4. The molecule has 0 saturated heterocycles. The average molecular weight is 388 g/mol. The molecule has 0 atom stereocenters. The lowest BCUT2D eigenvalue weighted by atomic mass is 10.2. The van der Waals surface area contributed by atoms with Crippen molar-refractivity contribution in [3.8, 4) is 0 Å². The molecule has 1 heterocycles. The molecule has 1 aromatic heterocycles. The fraction of sp³-hybridized carbons (Fsp3) is 0.111. The van der Waals surface area contributed by atoms with Gasteiger partial charge >= 0.3 is 5.63 Å². The second-order valence-corrected chi connectivity index (χ2v) is 7.52. The summed E-state index contributed by atoms with van der Waals surface area (Å²) in [6, 6.07) is 13.3. The van der Waals surface area contributed by atoms with Crippen molar-refractivity contribution in [2.24, 2.45) is 0 Å². The Bertz CT molecular complexity index is 1170. The Kier molecular flexibility index (Phi) is 5.08. The number of nitrogens with zero attached hydrogens (tertiary/aromatic N) is 1. The van der Waals surface area contributed by atoms with E-state index in [1.54, 1.807) is 24.3 Å². The van der Waals surface area contributed by atoms with Crippen molar-refractivity contribution >= 4 is 32.6 Å². The maximum absolute atomic E-state index is 12.5. The van der Waals surface area contributed by atoms with Crippen LogP contribution in [-0.4, -0.2) is 33.0 Å². The van der Waals surface area contributed by atoms with Gasteiger partial charge in [-0.15, -0.1) is 0 Å². The lowest BCUT2D eigenvalue weighted by molar-refractivity contribution is -0.0258. The number of rotatable bonds is 5. The van der Waals surface area contributed by atoms with Crippen LogP contribution in [0.5, 0.6) is 0 Å². The highest BCUT2D eigenvalue weighted by atomic mass is 32.2. The summed E-state index contributed by atoms with van der Waals surface area (Å²) in [5.41, 5.74) is 0.582. The van der Waals surface area contributed by atoms with E-state index in [0.717, 1.165) is 0 Å². The van der Waals surface area contributed by atoms with E-state index >= 15 is 0 Å². The highest BCUT2D eigenvalue weighted by molar-refractivity contribution is 7.89. The van der Waals surface area contributed by atoms with Crippen LogP contribution in [-0.2, 0) is 14.9 Å². The van der Waals surface area contributed by atoms with Gasteiger partial charge in [0.1, 0.15) is 5.58 Å². The SMILES string of the molecule is CON(C)S(=O)(=O)c1cccc(C(=O)Nc2ccc3oc(=O)ccc3c2)c1. The molecule has 0 aliphatic heterocycles. The van der Waals surface area contributed by atoms with E-state index in [1.165, 1.54) is 44.5 Å². The first-order valence-corrected chi connectivity index (χ1v) is 9.23. The molecule has 0 aliphatic rings. The van der Waals surface area contributed by atoms with Crippen molar-refractivity contribution in [2.75, 3.05) is 19.5 Å². The van der Waals surface area contributed by atoms with E-state index < -0.39 is 21.6 Å². The number of carbonyl (C=O) groups is 1. The number of anilines is 1. The van der Waals surface area contributed by atoms with Gasteiger partial charge in [-0.1, -0.05) is 10.5 Å². The molecular formula is C18H16N2O6S. The van der Waals surface area contributed by atoms with Gasteiger partial charge in [0, 0.05) is 29.8 Å². The first kappa shape index (κ1) is 18.8. The molecule has 0 aliphatic carbocycles. The summed E-state index contributed by atoms with van der Waals surface area (Å²) < 4.78 is 30.4. The number of hydroxylamine groups is 1. The van der Waals surface area contributed by atoms with Gasteiger partial charge in [0.15, 0.2) is 0 Å². The highest BCUT2D eigenvalue weighted by Gasteiger charge is 2.22. The maximum Gasteiger partial charge on any atom is 0.336 e. The fourth-order valence-corrected chi connectivity index (χ4v) is 3.42. The summed E-state index contributed by atoms with van der Waals surface area (Å²) in [7, 11) is -1.37. The number of hydrogen-bond donors (Lipinski definition) is 1. The van der Waals surface area contributed by atoms with Gasteiger partial charge in [-0.2, -0.15) is 0 Å². The zero-order chi connectivity index (χ0) is 19.6. The van der Waals surface area contributed by atoms with Gasteiger partial charge in [-0.3, -0.25) is 9.63 Å². The van der Waals surface area contributed by atoms with Crippen LogP contribution in [0, 0.1) is 0 Å². The minimum Gasteiger partial charge on any atom is -0.423 e. The smallest absolute Gasteiger partial charge is 0.336 e. The van der Waals surface area contributed by atoms with Crippen LogP contribution in [0.25, 0.3) is 11.0 Å². The summed E-state index contributed by atoms with van der Waals surface area (Å²) in [6.45, 7) is 0. The van der Waals surface area contributed by atoms with Gasteiger partial charge in [-0.05, 0) is 42.5 Å². The number of benzene rings is 2. The van der Waals surface area contributed by atoms with Crippen molar-refractivity contribution in [1.29, 1.82) is 0 Å². The number of hydrogen-bond acceptors (Lipinski definition) is 6. The largest absolute Gasteiger partial charge is 0.423 e. The quantitative estimate of drug-likeness (QED) is 0.531. The Morgan fingerprint density at radius 3 is 2.63 bits per heavy atom. The predicted molar refractivity (Wildman–Crippen MR) is 98.8 cm³/mol. The lowest BCUT2D eigenvalue weighted by Gasteiger charge is -2.14. The molecule has 3 aromatic rings. The first-order chi connectivity index (χ1) is 12.8. The summed E-state index contributed by atoms with van der Waals surface area (Å²) in [5.74, 6) is -0.483. The molecule has 8 nitrogen and oxygen atoms in total. The van der Waals surface area contributed by atoms with E-state index in [-0.39, 0.29) is 10.5 Å². The number of carbonyl (C=O) groups excluding carboxylic acids is 1. The molecule has 2 aromatic carbocycles. The third-order valence-electron chi connectivity index (χ3n) is 3.87. The van der Waals surface area contributed by atoms with Crippen molar-refractivity contribution in [3.05, 3.63) is 70.6 Å². The van der Waals surface area contributed by atoms with Gasteiger partial charge in [0.25, 0.3) is 15.9 Å². The van der Waals surface area contributed by atoms with Gasteiger partial charge in [0.2, 0.25) is 0 Å². The standard InChI is InChI=1S/C18H16N2O6S/c1-20(25-2)27(23,24)15-5-3-4-13(11-15)18(22)19-14-7-8-16-12(10-14)6-9-17(21)26-16/h3-11H,1-2H3,(H,19,22). The van der Waals surface area contributed by atoms with Crippen molar-refractivity contribution < 1.29 is 22.5 Å². The summed E-state index contributed by atoms with van der Waals surface area (Å²) in [5, 5.41) is 3.33. The monoisotopic (exact) mass is 388 g/mol. The molecule has 0 saturated carbocycles. The predicted octanol–water partition coefficient (Wildman–Crippen LogP) is 2.23. The van der Waals surface area contributed by atoms with E-state index in [2.05, 4.69) is 5.32 Å². The molecule has 9 heteroatoms. The Morgan fingerprint density at radius 2 is 1.89 bits per heavy atom. The van der Waals surface area contributed by atoms with Crippen molar-refractivity contribution in [1.82, 2.24) is 4.47 Å². The zero-order valence-electron chi connectivity index (χ0n) is 14.5. The Hall–Kier alpha value is -3.01. The zero-order valence-corrected chi connectivity index (χ0v) is 15.3. The molecular weight excluding hydrogens is 372 g/mol. The fourth-order valence-electron chi connectivity index (χ4n) is 2.40. The minimum atomic E-state index is -3.86. The second kappa shape index (κ2) is 7.31. The van der Waals surface area contributed by atoms with Crippen LogP contribution in [0.4, 0.5) is 5.69 Å². The Balaban J connectivity index is 1.87. The summed E-state index contributed by atoms with van der Waals surface area (Å²) in [6.07, 6.45) is 0. The molecule has 1 N–H and O–H groups in total. The average Bonchev–Trinajstić information content (AvgIpc) is 2.67. The van der Waals surface area contributed by atoms with Crippen molar-refractivity contribution in [2.45, 2.75) is 4.90 Å². The summed E-state index contributed by atoms with van der Waals surface area (Å²) >= 11 is 0. The topological polar surface area (TPSA) is 106 Å². The van der Waals surface area contributed by atoms with Crippen LogP contribution >= 0.6 is 0 Å². The van der Waals surface area contributed by atoms with E-state index in [0.29, 0.717) is 21.1 Å². The maximum atomic E-state index is 12.5. The van der Waals surface area contributed by atoms with Crippen LogP contribution in [0.2, 0.25) is 0 Å². The second-order valence-electron chi connectivity index (χ2n) is 5.59. The molecule has 0 bridgehead atoms. The normalized spacial score (nSPS) is 11.7. The number of sulfonamides is 1. The van der Waals surface area contributed by atoms with Crippen LogP contribution < -0.4 is 10.9 Å². The first-order valence-electron chi connectivity index (χ1n) is 7.79. The molecule has 0 spiro atoms. The third kappa shape index (κ3) is 3.90. The lowest BCUT2D eigenvalue weighted by Crippen LogP contribution is -2.26. The van der Waals surface area contributed by atoms with Gasteiger partial charge in [0.05, 0.1) is 12.0 Å². The van der Waals surface area contributed by atoms with E-state index in [9.17, 15) is 18.0 Å². The van der Waals surface area contributed by atoms with E-state index in [4.69, 9.17) is 9.25 Å². The van der Waals surface area contributed by atoms with Crippen molar-refractivity contribution in [3.63, 3.8) is 0 Å². The molecule has 0 unspecified atom stereocenters. The van der Waals surface area contributed by atoms with Gasteiger partial charge in [-0.25, -0.2) is 13.2 Å².